The first-order valence-electron chi connectivity index (χ1n) is 9.01. The van der Waals surface area contributed by atoms with Gasteiger partial charge in [-0.3, -0.25) is 4.79 Å². The van der Waals surface area contributed by atoms with Crippen LogP contribution in [0, 0.1) is 6.92 Å². The van der Waals surface area contributed by atoms with Crippen molar-refractivity contribution in [2.24, 2.45) is 5.10 Å². The van der Waals surface area contributed by atoms with Gasteiger partial charge in [0.2, 0.25) is 6.10 Å². The second-order valence-electron chi connectivity index (χ2n) is 6.52. The predicted molar refractivity (Wildman–Crippen MR) is 111 cm³/mol. The van der Waals surface area contributed by atoms with Crippen LogP contribution < -0.4 is 14.9 Å². The number of aryl methyl sites for hydroxylation is 1. The highest BCUT2D eigenvalue weighted by atomic mass is 32.1. The second kappa shape index (κ2) is 7.92. The first-order valence-corrected chi connectivity index (χ1v) is 9.83. The lowest BCUT2D eigenvalue weighted by atomic mass is 10.2. The van der Waals surface area contributed by atoms with Gasteiger partial charge in [0.25, 0.3) is 5.91 Å². The van der Waals surface area contributed by atoms with E-state index in [0.717, 1.165) is 21.1 Å². The van der Waals surface area contributed by atoms with Crippen molar-refractivity contribution >= 4 is 23.0 Å². The number of carbonyl (C=O) groups is 1. The molecule has 2 N–H and O–H groups in total. The Kier molecular flexibility index (Phi) is 5.18. The minimum absolute atomic E-state index is 0.127. The summed E-state index contributed by atoms with van der Waals surface area (Å²) in [7, 11) is 0. The molecule has 2 aromatic carbocycles. The van der Waals surface area contributed by atoms with Gasteiger partial charge in [0.05, 0.1) is 16.3 Å². The van der Waals surface area contributed by atoms with Crippen molar-refractivity contribution in [3.05, 3.63) is 59.1 Å². The first kappa shape index (κ1) is 18.9. The summed E-state index contributed by atoms with van der Waals surface area (Å²) in [6, 6.07) is 14.1. The molecule has 0 saturated carbocycles. The van der Waals surface area contributed by atoms with Gasteiger partial charge in [0.1, 0.15) is 17.4 Å². The number of phenols is 1. The number of carbonyl (C=O) groups excluding carboxylic acids is 1. The molecule has 4 rings (SSSR count). The van der Waals surface area contributed by atoms with Gasteiger partial charge < -0.3 is 14.6 Å². The molecule has 148 valence electrons. The lowest BCUT2D eigenvalue weighted by Gasteiger charge is -2.24. The summed E-state index contributed by atoms with van der Waals surface area (Å²) in [6.07, 6.45) is -0.767. The number of benzene rings is 2. The number of nitrogens with one attached hydrogen (secondary N) is 1. The highest BCUT2D eigenvalue weighted by molar-refractivity contribution is 7.17. The standard InChI is InChI=1S/C21H19N3O4S/c1-12-19(29-21(22-12)14-7-9-15(25)10-8-14)13(2)23-24-20(26)18-11-27-16-5-3-4-6-17(16)28-18/h3-10,18,25H,11H2,1-2H3,(H,24,26)/b23-13+/t18-/m0/s1. The fourth-order valence-electron chi connectivity index (χ4n) is 2.87. The third-order valence-corrected chi connectivity index (χ3v) is 5.69. The number of phenolic OH excluding ortho intramolecular Hbond substituents is 1. The Balaban J connectivity index is 1.45. The van der Waals surface area contributed by atoms with E-state index >= 15 is 0 Å². The maximum Gasteiger partial charge on any atom is 0.284 e. The minimum atomic E-state index is -0.767. The fraction of sp³-hybridized carbons (Fsp3) is 0.190. The van der Waals surface area contributed by atoms with E-state index in [0.29, 0.717) is 17.2 Å². The molecule has 1 aliphatic rings. The van der Waals surface area contributed by atoms with Crippen LogP contribution in [0.4, 0.5) is 0 Å². The summed E-state index contributed by atoms with van der Waals surface area (Å²) < 4.78 is 11.3. The molecule has 0 radical (unpaired) electrons. The summed E-state index contributed by atoms with van der Waals surface area (Å²) in [5.41, 5.74) is 4.93. The van der Waals surface area contributed by atoms with Gasteiger partial charge in [-0.25, -0.2) is 10.4 Å². The molecule has 7 nitrogen and oxygen atoms in total. The van der Waals surface area contributed by atoms with E-state index in [-0.39, 0.29) is 18.3 Å². The molecule has 0 bridgehead atoms. The summed E-state index contributed by atoms with van der Waals surface area (Å²) in [6.45, 7) is 3.84. The molecule has 8 heteroatoms. The molecule has 2 heterocycles. The average Bonchev–Trinajstić information content (AvgIpc) is 3.13. The molecule has 0 saturated heterocycles. The van der Waals surface area contributed by atoms with E-state index in [1.165, 1.54) is 11.3 Å². The number of ether oxygens (including phenoxy) is 2. The van der Waals surface area contributed by atoms with Crippen LogP contribution in [-0.4, -0.2) is 34.4 Å². The summed E-state index contributed by atoms with van der Waals surface area (Å²) >= 11 is 1.47. The molecular formula is C21H19N3O4S. The summed E-state index contributed by atoms with van der Waals surface area (Å²) in [5.74, 6) is 0.994. The molecular weight excluding hydrogens is 390 g/mol. The van der Waals surface area contributed by atoms with E-state index < -0.39 is 6.10 Å². The lowest BCUT2D eigenvalue weighted by molar-refractivity contribution is -0.130. The van der Waals surface area contributed by atoms with Crippen molar-refractivity contribution in [2.45, 2.75) is 20.0 Å². The fourth-order valence-corrected chi connectivity index (χ4v) is 3.89. The van der Waals surface area contributed by atoms with Crippen molar-refractivity contribution < 1.29 is 19.4 Å². The minimum Gasteiger partial charge on any atom is -0.508 e. The number of hydrazone groups is 1. The van der Waals surface area contributed by atoms with Crippen LogP contribution in [0.5, 0.6) is 17.2 Å². The number of nitrogens with zero attached hydrogens (tertiary/aromatic N) is 2. The molecule has 29 heavy (non-hydrogen) atoms. The predicted octanol–water partition coefficient (Wildman–Crippen LogP) is 3.50. The topological polar surface area (TPSA) is 93.0 Å². The van der Waals surface area contributed by atoms with Gasteiger partial charge in [-0.15, -0.1) is 11.3 Å². The van der Waals surface area contributed by atoms with Crippen LogP contribution in [0.1, 0.15) is 17.5 Å². The third-order valence-electron chi connectivity index (χ3n) is 4.37. The second-order valence-corrected chi connectivity index (χ2v) is 7.52. The highest BCUT2D eigenvalue weighted by Crippen LogP contribution is 2.31. The monoisotopic (exact) mass is 409 g/mol. The Hall–Kier alpha value is -3.39. The SMILES string of the molecule is C/C(=N\NC(=O)[C@@H]1COc2ccccc2O1)c1sc(-c2ccc(O)cc2)nc1C. The molecule has 0 aliphatic carbocycles. The number of amides is 1. The Labute approximate surface area is 171 Å². The van der Waals surface area contributed by atoms with Crippen molar-refractivity contribution in [1.29, 1.82) is 0 Å². The van der Waals surface area contributed by atoms with Gasteiger partial charge in [-0.2, -0.15) is 5.10 Å². The molecule has 3 aromatic rings. The van der Waals surface area contributed by atoms with E-state index in [1.54, 1.807) is 24.3 Å². The zero-order valence-electron chi connectivity index (χ0n) is 15.9. The van der Waals surface area contributed by atoms with Gasteiger partial charge in [-0.1, -0.05) is 12.1 Å². The number of para-hydroxylation sites is 2. The number of aromatic hydroxyl groups is 1. The van der Waals surface area contributed by atoms with Crippen LogP contribution in [-0.2, 0) is 4.79 Å². The highest BCUT2D eigenvalue weighted by Gasteiger charge is 2.27. The van der Waals surface area contributed by atoms with Gasteiger partial charge >= 0.3 is 0 Å². The quantitative estimate of drug-likeness (QED) is 0.508. The Morgan fingerprint density at radius 1 is 1.21 bits per heavy atom. The van der Waals surface area contributed by atoms with Crippen LogP contribution in [0.2, 0.25) is 0 Å². The van der Waals surface area contributed by atoms with Crippen molar-refractivity contribution in [3.8, 4) is 27.8 Å². The maximum absolute atomic E-state index is 12.4. The lowest BCUT2D eigenvalue weighted by Crippen LogP contribution is -2.42. The van der Waals surface area contributed by atoms with Gasteiger partial charge in [0, 0.05) is 5.56 Å². The normalized spacial score (nSPS) is 15.8. The smallest absolute Gasteiger partial charge is 0.284 e. The number of rotatable bonds is 4. The Morgan fingerprint density at radius 3 is 2.69 bits per heavy atom. The summed E-state index contributed by atoms with van der Waals surface area (Å²) in [5, 5.41) is 14.5. The van der Waals surface area contributed by atoms with E-state index in [4.69, 9.17) is 9.47 Å². The molecule has 1 amide bonds. The molecule has 0 fully saturated rings. The molecule has 1 atom stereocenters. The molecule has 0 spiro atoms. The van der Waals surface area contributed by atoms with Gasteiger partial charge in [-0.05, 0) is 50.2 Å². The zero-order chi connectivity index (χ0) is 20.4. The van der Waals surface area contributed by atoms with Crippen LogP contribution in [0.25, 0.3) is 10.6 Å². The van der Waals surface area contributed by atoms with Gasteiger partial charge in [0.15, 0.2) is 11.5 Å². The largest absolute Gasteiger partial charge is 0.508 e. The Morgan fingerprint density at radius 2 is 1.93 bits per heavy atom. The van der Waals surface area contributed by atoms with E-state index in [1.807, 2.05) is 38.1 Å². The molecule has 1 aromatic heterocycles. The number of fused-ring (bicyclic) bond motifs is 1. The van der Waals surface area contributed by atoms with Crippen LogP contribution in [0.15, 0.2) is 53.6 Å². The third kappa shape index (κ3) is 4.07. The Bertz CT molecular complexity index is 1080. The van der Waals surface area contributed by atoms with E-state index in [2.05, 4.69) is 15.5 Å². The van der Waals surface area contributed by atoms with E-state index in [9.17, 15) is 9.90 Å². The molecule has 0 unspecified atom stereocenters. The number of hydrogen-bond acceptors (Lipinski definition) is 7. The number of thiazole rings is 1. The number of aromatic nitrogens is 1. The average molecular weight is 409 g/mol. The van der Waals surface area contributed by atoms with Crippen LogP contribution >= 0.6 is 11.3 Å². The van der Waals surface area contributed by atoms with Crippen LogP contribution in [0.3, 0.4) is 0 Å². The van der Waals surface area contributed by atoms with Crippen molar-refractivity contribution in [2.75, 3.05) is 6.61 Å². The number of hydrogen-bond donors (Lipinski definition) is 2. The maximum atomic E-state index is 12.4. The zero-order valence-corrected chi connectivity index (χ0v) is 16.7. The summed E-state index contributed by atoms with van der Waals surface area (Å²) in [4.78, 5) is 17.9. The van der Waals surface area contributed by atoms with Crippen molar-refractivity contribution in [1.82, 2.24) is 10.4 Å². The van der Waals surface area contributed by atoms with Crippen molar-refractivity contribution in [3.63, 3.8) is 0 Å². The first-order chi connectivity index (χ1) is 14.0. The molecule has 1 aliphatic heterocycles.